The van der Waals surface area contributed by atoms with E-state index in [0.29, 0.717) is 12.1 Å². The maximum atomic E-state index is 13.1. The third-order valence-electron chi connectivity index (χ3n) is 7.26. The molecule has 6 heteroatoms. The van der Waals surface area contributed by atoms with Gasteiger partial charge in [0, 0.05) is 35.7 Å². The lowest BCUT2D eigenvalue weighted by Crippen LogP contribution is -2.38. The molecule has 1 fully saturated rings. The molecule has 34 heavy (non-hydrogen) atoms. The fourth-order valence-corrected chi connectivity index (χ4v) is 5.69. The fraction of sp³-hybridized carbons (Fsp3) is 0.429. The lowest BCUT2D eigenvalue weighted by molar-refractivity contribution is 0.0768. The molecular weight excluding hydrogens is 446 g/mol. The normalized spacial score (nSPS) is 17.9. The number of aryl methyl sites for hydroxylation is 1. The number of amides is 1. The zero-order valence-corrected chi connectivity index (χ0v) is 20.2. The van der Waals surface area contributed by atoms with E-state index in [1.807, 2.05) is 48.5 Å². The molecule has 1 amide bonds. The van der Waals surface area contributed by atoms with Crippen molar-refractivity contribution in [1.82, 2.24) is 15.2 Å². The molecule has 5 rings (SSSR count). The van der Waals surface area contributed by atoms with Crippen molar-refractivity contribution in [2.75, 3.05) is 26.2 Å². The number of nitrogens with zero attached hydrogens (tertiary/aromatic N) is 2. The molecule has 1 saturated heterocycles. The lowest BCUT2D eigenvalue weighted by Gasteiger charge is -2.28. The Bertz CT molecular complexity index is 1160. The van der Waals surface area contributed by atoms with E-state index < -0.39 is 6.10 Å². The number of aliphatic hydroxyl groups excluding tert-OH is 1. The Labute approximate surface area is 206 Å². The first-order valence-corrected chi connectivity index (χ1v) is 12.8. The van der Waals surface area contributed by atoms with Crippen LogP contribution in [0.15, 0.2) is 48.5 Å². The van der Waals surface area contributed by atoms with Gasteiger partial charge in [-0.15, -0.1) is 0 Å². The van der Waals surface area contributed by atoms with Crippen molar-refractivity contribution < 1.29 is 9.90 Å². The van der Waals surface area contributed by atoms with Crippen molar-refractivity contribution in [3.05, 3.63) is 75.9 Å². The number of aliphatic hydroxyl groups is 1. The van der Waals surface area contributed by atoms with Gasteiger partial charge in [0.2, 0.25) is 0 Å². The van der Waals surface area contributed by atoms with Crippen molar-refractivity contribution in [2.45, 2.75) is 44.6 Å². The highest BCUT2D eigenvalue weighted by atomic mass is 35.5. The molecule has 0 radical (unpaired) electrons. The Morgan fingerprint density at radius 2 is 1.82 bits per heavy atom. The largest absolute Gasteiger partial charge is 0.388 e. The standard InChI is InChI=1S/C28H32ClN3O2/c29-26-22-10-4-5-11-24(22)31-25-16-20(12-13-23(25)26)28(34)30-17-21(18-32-14-6-7-15-32)27(33)19-8-2-1-3-9-19/h1-3,8-9,12-13,16,21,27,33H,4-7,10-11,14-15,17-18H2,(H,30,34). The van der Waals surface area contributed by atoms with Crippen molar-refractivity contribution >= 4 is 28.4 Å². The minimum atomic E-state index is -0.634. The van der Waals surface area contributed by atoms with E-state index in [-0.39, 0.29) is 11.8 Å². The van der Waals surface area contributed by atoms with E-state index >= 15 is 0 Å². The SMILES string of the molecule is O=C(NCC(CN1CCCC1)C(O)c1ccccc1)c1ccc2c(Cl)c3c(nc2c1)CCCC3. The Morgan fingerprint density at radius 1 is 1.06 bits per heavy atom. The molecule has 5 nitrogen and oxygen atoms in total. The molecule has 2 atom stereocenters. The molecule has 0 saturated carbocycles. The minimum Gasteiger partial charge on any atom is -0.388 e. The number of pyridine rings is 1. The second kappa shape index (κ2) is 10.4. The number of rotatable bonds is 7. The van der Waals surface area contributed by atoms with Gasteiger partial charge in [-0.25, -0.2) is 0 Å². The summed E-state index contributed by atoms with van der Waals surface area (Å²) in [6, 6.07) is 15.3. The molecule has 2 unspecified atom stereocenters. The Balaban J connectivity index is 1.33. The van der Waals surface area contributed by atoms with Crippen LogP contribution in [0.1, 0.15) is 59.0 Å². The van der Waals surface area contributed by atoms with Gasteiger partial charge in [0.1, 0.15) is 0 Å². The second-order valence-corrected chi connectivity index (χ2v) is 10.0. The van der Waals surface area contributed by atoms with Crippen LogP contribution in [0.3, 0.4) is 0 Å². The van der Waals surface area contributed by atoms with Crippen LogP contribution in [-0.4, -0.2) is 47.1 Å². The van der Waals surface area contributed by atoms with E-state index in [1.165, 1.54) is 12.8 Å². The Kier molecular flexibility index (Phi) is 7.14. The molecule has 3 aromatic rings. The first-order chi connectivity index (χ1) is 16.6. The van der Waals surface area contributed by atoms with Crippen LogP contribution in [0.2, 0.25) is 5.02 Å². The predicted octanol–water partition coefficient (Wildman–Crippen LogP) is 4.94. The first kappa shape index (κ1) is 23.3. The Hall–Kier alpha value is -2.47. The number of nitrogens with one attached hydrogen (secondary N) is 1. The lowest BCUT2D eigenvalue weighted by atomic mass is 9.94. The molecule has 178 valence electrons. The molecule has 2 aliphatic rings. The van der Waals surface area contributed by atoms with E-state index in [1.54, 1.807) is 0 Å². The third-order valence-corrected chi connectivity index (χ3v) is 7.69. The van der Waals surface area contributed by atoms with Crippen LogP contribution in [0, 0.1) is 5.92 Å². The minimum absolute atomic E-state index is 0.0931. The summed E-state index contributed by atoms with van der Waals surface area (Å²) in [5.41, 5.74) is 4.46. The number of carbonyl (C=O) groups is 1. The van der Waals surface area contributed by atoms with Crippen LogP contribution in [-0.2, 0) is 12.8 Å². The number of hydrogen-bond donors (Lipinski definition) is 2. The number of hydrogen-bond acceptors (Lipinski definition) is 4. The van der Waals surface area contributed by atoms with Gasteiger partial charge in [-0.3, -0.25) is 9.78 Å². The molecule has 2 heterocycles. The highest BCUT2D eigenvalue weighted by Crippen LogP contribution is 2.33. The van der Waals surface area contributed by atoms with Gasteiger partial charge in [-0.05, 0) is 74.9 Å². The van der Waals surface area contributed by atoms with Crippen LogP contribution >= 0.6 is 11.6 Å². The van der Waals surface area contributed by atoms with Crippen LogP contribution in [0.4, 0.5) is 0 Å². The van der Waals surface area contributed by atoms with Crippen molar-refractivity contribution in [3.63, 3.8) is 0 Å². The summed E-state index contributed by atoms with van der Waals surface area (Å²) in [6.45, 7) is 3.26. The summed E-state index contributed by atoms with van der Waals surface area (Å²) in [4.78, 5) is 20.3. The number of fused-ring (bicyclic) bond motifs is 2. The van der Waals surface area contributed by atoms with Gasteiger partial charge in [0.05, 0.1) is 16.6 Å². The van der Waals surface area contributed by atoms with E-state index in [9.17, 15) is 9.90 Å². The second-order valence-electron chi connectivity index (χ2n) is 9.62. The van der Waals surface area contributed by atoms with Crippen LogP contribution < -0.4 is 5.32 Å². The number of halogens is 1. The van der Waals surface area contributed by atoms with E-state index in [2.05, 4.69) is 10.2 Å². The van der Waals surface area contributed by atoms with Crippen molar-refractivity contribution in [3.8, 4) is 0 Å². The van der Waals surface area contributed by atoms with Crippen LogP contribution in [0.5, 0.6) is 0 Å². The molecular formula is C28H32ClN3O2. The van der Waals surface area contributed by atoms with Gasteiger partial charge in [0.25, 0.3) is 5.91 Å². The average molecular weight is 478 g/mol. The van der Waals surface area contributed by atoms with Gasteiger partial charge < -0.3 is 15.3 Å². The maximum absolute atomic E-state index is 13.1. The number of aromatic nitrogens is 1. The van der Waals surface area contributed by atoms with Crippen molar-refractivity contribution in [1.29, 1.82) is 0 Å². The first-order valence-electron chi connectivity index (χ1n) is 12.4. The van der Waals surface area contributed by atoms with E-state index in [0.717, 1.165) is 78.1 Å². The molecule has 2 aromatic carbocycles. The van der Waals surface area contributed by atoms with Gasteiger partial charge in [0.15, 0.2) is 0 Å². The summed E-state index contributed by atoms with van der Waals surface area (Å²) in [5.74, 6) is -0.242. The Morgan fingerprint density at radius 3 is 2.62 bits per heavy atom. The molecule has 1 aliphatic carbocycles. The van der Waals surface area contributed by atoms with E-state index in [4.69, 9.17) is 16.6 Å². The summed E-state index contributed by atoms with van der Waals surface area (Å²) in [6.07, 6.45) is 5.94. The van der Waals surface area contributed by atoms with Crippen molar-refractivity contribution in [2.24, 2.45) is 5.92 Å². The topological polar surface area (TPSA) is 65.5 Å². The summed E-state index contributed by atoms with van der Waals surface area (Å²) >= 11 is 6.70. The highest BCUT2D eigenvalue weighted by Gasteiger charge is 2.26. The van der Waals surface area contributed by atoms with Gasteiger partial charge >= 0.3 is 0 Å². The summed E-state index contributed by atoms with van der Waals surface area (Å²) < 4.78 is 0. The highest BCUT2D eigenvalue weighted by molar-refractivity contribution is 6.36. The van der Waals surface area contributed by atoms with Gasteiger partial charge in [-0.2, -0.15) is 0 Å². The third kappa shape index (κ3) is 4.97. The predicted molar refractivity (Wildman–Crippen MR) is 136 cm³/mol. The van der Waals surface area contributed by atoms with Crippen LogP contribution in [0.25, 0.3) is 10.9 Å². The molecule has 2 N–H and O–H groups in total. The summed E-state index contributed by atoms with van der Waals surface area (Å²) in [5, 5.41) is 15.9. The zero-order chi connectivity index (χ0) is 23.5. The summed E-state index contributed by atoms with van der Waals surface area (Å²) in [7, 11) is 0. The molecule has 1 aromatic heterocycles. The molecule has 0 spiro atoms. The smallest absolute Gasteiger partial charge is 0.251 e. The zero-order valence-electron chi connectivity index (χ0n) is 19.5. The van der Waals surface area contributed by atoms with Gasteiger partial charge in [-0.1, -0.05) is 48.0 Å². The monoisotopic (exact) mass is 477 g/mol. The maximum Gasteiger partial charge on any atom is 0.251 e. The number of carbonyl (C=O) groups excluding carboxylic acids is 1. The molecule has 0 bridgehead atoms. The molecule has 1 aliphatic heterocycles. The fourth-order valence-electron chi connectivity index (χ4n) is 5.33. The average Bonchev–Trinajstić information content (AvgIpc) is 3.39. The number of benzene rings is 2. The number of likely N-dealkylation sites (tertiary alicyclic amines) is 1. The quantitative estimate of drug-likeness (QED) is 0.505.